The first-order valence-corrected chi connectivity index (χ1v) is 8.32. The van der Waals surface area contributed by atoms with Crippen molar-refractivity contribution in [2.45, 2.75) is 30.9 Å². The summed E-state index contributed by atoms with van der Waals surface area (Å²) in [7, 11) is 0. The number of benzene rings is 1. The van der Waals surface area contributed by atoms with Crippen LogP contribution in [0.4, 0.5) is 0 Å². The molecule has 1 fully saturated rings. The fraction of sp³-hybridized carbons (Fsp3) is 0.500. The van der Waals surface area contributed by atoms with Crippen LogP contribution in [0.5, 0.6) is 0 Å². The summed E-state index contributed by atoms with van der Waals surface area (Å²) in [5.41, 5.74) is 0.483. The molecule has 1 amide bonds. The summed E-state index contributed by atoms with van der Waals surface area (Å²) >= 11 is 13.8. The number of amides is 1. The second-order valence-corrected chi connectivity index (χ2v) is 6.91. The Morgan fingerprint density at radius 3 is 2.74 bits per heavy atom. The van der Waals surface area contributed by atoms with Gasteiger partial charge in [-0.05, 0) is 31.0 Å². The van der Waals surface area contributed by atoms with E-state index < -0.39 is 0 Å². The molecule has 0 unspecified atom stereocenters. The predicted octanol–water partition coefficient (Wildman–Crippen LogP) is 4.40. The molecule has 1 aromatic rings. The van der Waals surface area contributed by atoms with Gasteiger partial charge in [0.1, 0.15) is 0 Å². The lowest BCUT2D eigenvalue weighted by molar-refractivity contribution is 0.0956. The highest BCUT2D eigenvalue weighted by Crippen LogP contribution is 2.28. The third-order valence-electron chi connectivity index (χ3n) is 3.22. The monoisotopic (exact) mass is 317 g/mol. The molecule has 0 radical (unpaired) electrons. The van der Waals surface area contributed by atoms with Gasteiger partial charge in [-0.1, -0.05) is 36.0 Å². The zero-order valence-electron chi connectivity index (χ0n) is 10.6. The molecule has 2 nitrogen and oxygen atoms in total. The first kappa shape index (κ1) is 15.0. The Kier molecular flexibility index (Phi) is 5.86. The number of thioether (sulfide) groups is 1. The number of carbonyl (C=O) groups is 1. The van der Waals surface area contributed by atoms with Crippen molar-refractivity contribution in [2.75, 3.05) is 12.3 Å². The number of hydrogen-bond donors (Lipinski definition) is 1. The summed E-state index contributed by atoms with van der Waals surface area (Å²) in [4.78, 5) is 11.9. The van der Waals surface area contributed by atoms with Gasteiger partial charge in [0.15, 0.2) is 0 Å². The van der Waals surface area contributed by atoms with Crippen molar-refractivity contribution >= 4 is 40.9 Å². The van der Waals surface area contributed by atoms with Gasteiger partial charge in [0, 0.05) is 22.6 Å². The maximum Gasteiger partial charge on any atom is 0.252 e. The number of halogens is 2. The van der Waals surface area contributed by atoms with Crippen LogP contribution in [-0.2, 0) is 0 Å². The van der Waals surface area contributed by atoms with Crippen molar-refractivity contribution in [3.63, 3.8) is 0 Å². The van der Waals surface area contributed by atoms with E-state index in [0.717, 1.165) is 11.0 Å². The largest absolute Gasteiger partial charge is 0.351 e. The van der Waals surface area contributed by atoms with Crippen LogP contribution in [0.3, 0.4) is 0 Å². The number of nitrogens with one attached hydrogen (secondary N) is 1. The van der Waals surface area contributed by atoms with Crippen molar-refractivity contribution in [1.29, 1.82) is 0 Å². The average Bonchev–Trinajstić information content (AvgIpc) is 2.87. The second kappa shape index (κ2) is 7.41. The smallest absolute Gasteiger partial charge is 0.252 e. The Labute approximate surface area is 128 Å². The van der Waals surface area contributed by atoms with Crippen molar-refractivity contribution in [2.24, 2.45) is 0 Å². The van der Waals surface area contributed by atoms with E-state index in [1.54, 1.807) is 18.2 Å². The summed E-state index contributed by atoms with van der Waals surface area (Å²) < 4.78 is 0. The number of hydrogen-bond acceptors (Lipinski definition) is 2. The minimum atomic E-state index is -0.131. The molecule has 0 heterocycles. The minimum Gasteiger partial charge on any atom is -0.351 e. The first-order valence-electron chi connectivity index (χ1n) is 6.51. The van der Waals surface area contributed by atoms with E-state index in [1.165, 1.54) is 25.7 Å². The van der Waals surface area contributed by atoms with Gasteiger partial charge in [0.05, 0.1) is 10.6 Å². The summed E-state index contributed by atoms with van der Waals surface area (Å²) in [6.45, 7) is 0.680. The molecule has 104 valence electrons. The molecule has 0 saturated heterocycles. The maximum absolute atomic E-state index is 11.9. The fourth-order valence-corrected chi connectivity index (χ4v) is 3.93. The quantitative estimate of drug-likeness (QED) is 0.815. The SMILES string of the molecule is O=C(NCCSC1CCCC1)c1ccc(Cl)cc1Cl. The molecule has 1 aromatic carbocycles. The van der Waals surface area contributed by atoms with E-state index in [4.69, 9.17) is 23.2 Å². The molecule has 2 rings (SSSR count). The lowest BCUT2D eigenvalue weighted by Gasteiger charge is -2.10. The lowest BCUT2D eigenvalue weighted by Crippen LogP contribution is -2.26. The summed E-state index contributed by atoms with van der Waals surface area (Å²) in [5, 5.41) is 4.62. The molecular formula is C14H17Cl2NOS. The second-order valence-electron chi connectivity index (χ2n) is 4.66. The standard InChI is InChI=1S/C14H17Cl2NOS/c15-10-5-6-12(13(16)9-10)14(18)17-7-8-19-11-3-1-2-4-11/h5-6,9,11H,1-4,7-8H2,(H,17,18). The Morgan fingerprint density at radius 1 is 1.32 bits per heavy atom. The van der Waals surface area contributed by atoms with Gasteiger partial charge in [-0.15, -0.1) is 0 Å². The van der Waals surface area contributed by atoms with Crippen molar-refractivity contribution < 1.29 is 4.79 Å². The van der Waals surface area contributed by atoms with Gasteiger partial charge < -0.3 is 5.32 Å². The van der Waals surface area contributed by atoms with E-state index in [9.17, 15) is 4.79 Å². The van der Waals surface area contributed by atoms with Crippen LogP contribution in [0, 0.1) is 0 Å². The van der Waals surface area contributed by atoms with Crippen molar-refractivity contribution in [3.8, 4) is 0 Å². The Hall–Kier alpha value is -0.380. The summed E-state index contributed by atoms with van der Waals surface area (Å²) in [6.07, 6.45) is 5.35. The Balaban J connectivity index is 1.74. The zero-order valence-corrected chi connectivity index (χ0v) is 13.0. The zero-order chi connectivity index (χ0) is 13.7. The van der Waals surface area contributed by atoms with Crippen LogP contribution in [0.25, 0.3) is 0 Å². The molecule has 1 aliphatic rings. The van der Waals surface area contributed by atoms with Crippen LogP contribution in [0.1, 0.15) is 36.0 Å². The minimum absolute atomic E-state index is 0.131. The molecule has 0 aliphatic heterocycles. The van der Waals surface area contributed by atoms with Gasteiger partial charge in [-0.25, -0.2) is 0 Å². The van der Waals surface area contributed by atoms with Crippen LogP contribution in [-0.4, -0.2) is 23.5 Å². The molecule has 0 spiro atoms. The first-order chi connectivity index (χ1) is 9.16. The van der Waals surface area contributed by atoms with Crippen LogP contribution in [0.15, 0.2) is 18.2 Å². The fourth-order valence-electron chi connectivity index (χ4n) is 2.21. The van der Waals surface area contributed by atoms with Crippen molar-refractivity contribution in [3.05, 3.63) is 33.8 Å². The average molecular weight is 318 g/mol. The molecule has 1 N–H and O–H groups in total. The third-order valence-corrected chi connectivity index (χ3v) is 5.15. The third kappa shape index (κ3) is 4.59. The lowest BCUT2D eigenvalue weighted by atomic mass is 10.2. The number of carbonyl (C=O) groups excluding carboxylic acids is 1. The highest BCUT2D eigenvalue weighted by Gasteiger charge is 2.15. The van der Waals surface area contributed by atoms with E-state index in [1.807, 2.05) is 11.8 Å². The van der Waals surface area contributed by atoms with E-state index in [0.29, 0.717) is 22.2 Å². The van der Waals surface area contributed by atoms with Gasteiger partial charge in [-0.2, -0.15) is 11.8 Å². The van der Waals surface area contributed by atoms with Gasteiger partial charge in [0.25, 0.3) is 5.91 Å². The van der Waals surface area contributed by atoms with Gasteiger partial charge in [-0.3, -0.25) is 4.79 Å². The highest BCUT2D eigenvalue weighted by molar-refractivity contribution is 7.99. The molecule has 1 saturated carbocycles. The molecule has 0 atom stereocenters. The maximum atomic E-state index is 11.9. The van der Waals surface area contributed by atoms with Crippen LogP contribution in [0.2, 0.25) is 10.0 Å². The van der Waals surface area contributed by atoms with E-state index in [-0.39, 0.29) is 5.91 Å². The molecule has 5 heteroatoms. The summed E-state index contributed by atoms with van der Waals surface area (Å²) in [5.74, 6) is 0.829. The molecule has 19 heavy (non-hydrogen) atoms. The molecular weight excluding hydrogens is 301 g/mol. The van der Waals surface area contributed by atoms with Crippen molar-refractivity contribution in [1.82, 2.24) is 5.32 Å². The van der Waals surface area contributed by atoms with E-state index in [2.05, 4.69) is 5.32 Å². The number of rotatable bonds is 5. The van der Waals surface area contributed by atoms with E-state index >= 15 is 0 Å². The van der Waals surface area contributed by atoms with Crippen LogP contribution >= 0.6 is 35.0 Å². The van der Waals surface area contributed by atoms with Gasteiger partial charge in [0.2, 0.25) is 0 Å². The highest BCUT2D eigenvalue weighted by atomic mass is 35.5. The molecule has 1 aliphatic carbocycles. The van der Waals surface area contributed by atoms with Crippen LogP contribution < -0.4 is 5.32 Å². The Morgan fingerprint density at radius 2 is 2.05 bits per heavy atom. The predicted molar refractivity (Wildman–Crippen MR) is 83.5 cm³/mol. The molecule has 0 aromatic heterocycles. The normalized spacial score (nSPS) is 15.7. The Bertz CT molecular complexity index is 447. The molecule has 0 bridgehead atoms. The van der Waals surface area contributed by atoms with Gasteiger partial charge >= 0.3 is 0 Å². The topological polar surface area (TPSA) is 29.1 Å². The summed E-state index contributed by atoms with van der Waals surface area (Å²) in [6, 6.07) is 4.92.